The molecular formula is C15H18N2O. The highest BCUT2D eigenvalue weighted by Crippen LogP contribution is 2.31. The zero-order chi connectivity index (χ0) is 13.0. The number of aryl methyl sites for hydroxylation is 1. The minimum absolute atomic E-state index is 0.125. The number of nitrogens with two attached hydrogens (primary N) is 1. The van der Waals surface area contributed by atoms with E-state index in [9.17, 15) is 5.11 Å². The van der Waals surface area contributed by atoms with Crippen molar-refractivity contribution in [1.82, 2.24) is 4.98 Å². The summed E-state index contributed by atoms with van der Waals surface area (Å²) in [5.41, 5.74) is 8.78. The van der Waals surface area contributed by atoms with Crippen molar-refractivity contribution in [3.05, 3.63) is 65.5 Å². The van der Waals surface area contributed by atoms with E-state index in [1.54, 1.807) is 12.4 Å². The Morgan fingerprint density at radius 3 is 2.61 bits per heavy atom. The lowest BCUT2D eigenvalue weighted by atomic mass is 9.88. The van der Waals surface area contributed by atoms with Gasteiger partial charge in [0.15, 0.2) is 0 Å². The van der Waals surface area contributed by atoms with E-state index in [2.05, 4.69) is 4.98 Å². The van der Waals surface area contributed by atoms with Gasteiger partial charge >= 0.3 is 0 Å². The Hall–Kier alpha value is -1.71. The Bertz CT molecular complexity index is 499. The zero-order valence-electron chi connectivity index (χ0n) is 10.5. The van der Waals surface area contributed by atoms with Gasteiger partial charge in [-0.05, 0) is 29.7 Å². The molecule has 3 heteroatoms. The lowest BCUT2D eigenvalue weighted by Gasteiger charge is -2.23. The highest BCUT2D eigenvalue weighted by Gasteiger charge is 2.22. The molecule has 0 spiro atoms. The molecule has 0 saturated heterocycles. The number of aliphatic hydroxyl groups excluding tert-OH is 1. The van der Waals surface area contributed by atoms with Crippen LogP contribution in [0.1, 0.15) is 28.7 Å². The fourth-order valence-electron chi connectivity index (χ4n) is 2.18. The Morgan fingerprint density at radius 2 is 2.00 bits per heavy atom. The maximum Gasteiger partial charge on any atom is 0.0873 e. The van der Waals surface area contributed by atoms with Gasteiger partial charge in [-0.15, -0.1) is 0 Å². The van der Waals surface area contributed by atoms with Gasteiger partial charge in [-0.1, -0.05) is 30.3 Å². The average molecular weight is 242 g/mol. The Kier molecular flexibility index (Phi) is 4.07. The average Bonchev–Trinajstić information content (AvgIpc) is 2.41. The third kappa shape index (κ3) is 2.58. The molecule has 0 radical (unpaired) electrons. The first-order valence-corrected chi connectivity index (χ1v) is 6.07. The maximum atomic E-state index is 10.5. The van der Waals surface area contributed by atoms with E-state index >= 15 is 0 Å². The summed E-state index contributed by atoms with van der Waals surface area (Å²) < 4.78 is 0. The number of benzene rings is 1. The molecule has 18 heavy (non-hydrogen) atoms. The van der Waals surface area contributed by atoms with Gasteiger partial charge < -0.3 is 10.8 Å². The van der Waals surface area contributed by atoms with Crippen LogP contribution in [0.15, 0.2) is 48.8 Å². The highest BCUT2D eigenvalue weighted by molar-refractivity contribution is 5.31. The number of hydrogen-bond donors (Lipinski definition) is 2. The van der Waals surface area contributed by atoms with E-state index in [4.69, 9.17) is 5.73 Å². The van der Waals surface area contributed by atoms with Gasteiger partial charge in [-0.25, -0.2) is 0 Å². The first kappa shape index (κ1) is 12.7. The lowest BCUT2D eigenvalue weighted by Crippen LogP contribution is -2.20. The van der Waals surface area contributed by atoms with Crippen LogP contribution in [0.2, 0.25) is 0 Å². The third-order valence-corrected chi connectivity index (χ3v) is 3.25. The maximum absolute atomic E-state index is 10.5. The molecule has 0 bridgehead atoms. The Balaban J connectivity index is 2.32. The minimum Gasteiger partial charge on any atom is -0.388 e. The summed E-state index contributed by atoms with van der Waals surface area (Å²) in [5, 5.41) is 10.5. The fraction of sp³-hybridized carbons (Fsp3) is 0.267. The first-order chi connectivity index (χ1) is 8.74. The quantitative estimate of drug-likeness (QED) is 0.863. The molecule has 1 aromatic carbocycles. The van der Waals surface area contributed by atoms with Gasteiger partial charge in [-0.3, -0.25) is 4.98 Å². The van der Waals surface area contributed by atoms with Crippen molar-refractivity contribution in [3.63, 3.8) is 0 Å². The van der Waals surface area contributed by atoms with E-state index in [-0.39, 0.29) is 5.92 Å². The van der Waals surface area contributed by atoms with Gasteiger partial charge in [0.25, 0.3) is 0 Å². The number of aromatic nitrogens is 1. The summed E-state index contributed by atoms with van der Waals surface area (Å²) in [6.07, 6.45) is 2.89. The van der Waals surface area contributed by atoms with E-state index in [0.29, 0.717) is 6.54 Å². The van der Waals surface area contributed by atoms with E-state index in [1.807, 2.05) is 43.3 Å². The van der Waals surface area contributed by atoms with Crippen molar-refractivity contribution in [1.29, 1.82) is 0 Å². The van der Waals surface area contributed by atoms with E-state index in [0.717, 1.165) is 16.7 Å². The molecule has 2 unspecified atom stereocenters. The summed E-state index contributed by atoms with van der Waals surface area (Å²) in [6, 6.07) is 11.7. The van der Waals surface area contributed by atoms with Crippen LogP contribution in [-0.4, -0.2) is 16.6 Å². The molecule has 94 valence electrons. The van der Waals surface area contributed by atoms with Crippen LogP contribution >= 0.6 is 0 Å². The van der Waals surface area contributed by atoms with Crippen molar-refractivity contribution in [3.8, 4) is 0 Å². The van der Waals surface area contributed by atoms with Gasteiger partial charge in [-0.2, -0.15) is 0 Å². The molecule has 1 aromatic heterocycles. The second kappa shape index (κ2) is 5.76. The topological polar surface area (TPSA) is 59.1 Å². The first-order valence-electron chi connectivity index (χ1n) is 6.07. The van der Waals surface area contributed by atoms with Crippen molar-refractivity contribution in [2.75, 3.05) is 6.54 Å². The largest absolute Gasteiger partial charge is 0.388 e. The van der Waals surface area contributed by atoms with Crippen LogP contribution in [0.25, 0.3) is 0 Å². The monoisotopic (exact) mass is 242 g/mol. The van der Waals surface area contributed by atoms with Crippen LogP contribution in [0.3, 0.4) is 0 Å². The molecule has 2 aromatic rings. The van der Waals surface area contributed by atoms with Gasteiger partial charge in [0, 0.05) is 24.9 Å². The molecule has 0 aliphatic carbocycles. The summed E-state index contributed by atoms with van der Waals surface area (Å²) in [5.74, 6) is -0.125. The normalized spacial score (nSPS) is 14.2. The Morgan fingerprint density at radius 1 is 1.22 bits per heavy atom. The molecule has 0 aliphatic rings. The molecule has 1 heterocycles. The summed E-state index contributed by atoms with van der Waals surface area (Å²) in [4.78, 5) is 4.09. The second-order valence-corrected chi connectivity index (χ2v) is 4.43. The lowest BCUT2D eigenvalue weighted by molar-refractivity contribution is 0.146. The molecule has 0 amide bonds. The third-order valence-electron chi connectivity index (χ3n) is 3.25. The van der Waals surface area contributed by atoms with E-state index < -0.39 is 6.10 Å². The molecule has 2 atom stereocenters. The smallest absolute Gasteiger partial charge is 0.0873 e. The van der Waals surface area contributed by atoms with E-state index in [1.165, 1.54) is 0 Å². The molecular weight excluding hydrogens is 224 g/mol. The van der Waals surface area contributed by atoms with Crippen LogP contribution in [0.4, 0.5) is 0 Å². The molecule has 0 saturated carbocycles. The minimum atomic E-state index is -0.597. The number of nitrogens with zero attached hydrogens (tertiary/aromatic N) is 1. The summed E-state index contributed by atoms with van der Waals surface area (Å²) in [6.45, 7) is 2.39. The van der Waals surface area contributed by atoms with Gasteiger partial charge in [0.05, 0.1) is 6.10 Å². The van der Waals surface area contributed by atoms with Crippen LogP contribution in [-0.2, 0) is 0 Å². The number of pyridine rings is 1. The number of aliphatic hydroxyl groups is 1. The fourth-order valence-corrected chi connectivity index (χ4v) is 2.18. The highest BCUT2D eigenvalue weighted by atomic mass is 16.3. The van der Waals surface area contributed by atoms with Crippen LogP contribution < -0.4 is 5.73 Å². The summed E-state index contributed by atoms with van der Waals surface area (Å²) >= 11 is 0. The molecule has 2 rings (SSSR count). The van der Waals surface area contributed by atoms with Crippen molar-refractivity contribution in [2.45, 2.75) is 18.9 Å². The van der Waals surface area contributed by atoms with Crippen molar-refractivity contribution < 1.29 is 5.11 Å². The molecule has 3 N–H and O–H groups in total. The Labute approximate surface area is 107 Å². The second-order valence-electron chi connectivity index (χ2n) is 4.43. The zero-order valence-corrected chi connectivity index (χ0v) is 10.5. The van der Waals surface area contributed by atoms with Gasteiger partial charge in [0.1, 0.15) is 0 Å². The van der Waals surface area contributed by atoms with Crippen molar-refractivity contribution >= 4 is 0 Å². The SMILES string of the molecule is Cc1ccccc1C(O)C(CN)c1cccnc1. The predicted octanol–water partition coefficient (Wildman–Crippen LogP) is 2.17. The summed E-state index contributed by atoms with van der Waals surface area (Å²) in [7, 11) is 0. The van der Waals surface area contributed by atoms with Crippen LogP contribution in [0.5, 0.6) is 0 Å². The van der Waals surface area contributed by atoms with Crippen LogP contribution in [0, 0.1) is 6.92 Å². The molecule has 0 fully saturated rings. The van der Waals surface area contributed by atoms with Crippen molar-refractivity contribution in [2.24, 2.45) is 5.73 Å². The number of hydrogen-bond acceptors (Lipinski definition) is 3. The molecule has 0 aliphatic heterocycles. The standard InChI is InChI=1S/C15H18N2O/c1-11-5-2-3-7-13(11)15(18)14(9-16)12-6-4-8-17-10-12/h2-8,10,14-15,18H,9,16H2,1H3. The number of rotatable bonds is 4. The van der Waals surface area contributed by atoms with Gasteiger partial charge in [0.2, 0.25) is 0 Å². The predicted molar refractivity (Wildman–Crippen MR) is 72.2 cm³/mol. The molecule has 3 nitrogen and oxygen atoms in total.